The molecular formula is C17H21BrN2O4. The first-order valence-electron chi connectivity index (χ1n) is 7.81. The van der Waals surface area contributed by atoms with Crippen LogP contribution in [0, 0.1) is 0 Å². The number of halogens is 1. The third-order valence-electron chi connectivity index (χ3n) is 3.48. The molecule has 1 aromatic rings. The number of allylic oxidation sites excluding steroid dienone is 1. The molecule has 0 fully saturated rings. The highest BCUT2D eigenvalue weighted by Gasteiger charge is 2.32. The largest absolute Gasteiger partial charge is 0.460 e. The molecule has 2 rings (SSSR count). The van der Waals surface area contributed by atoms with Gasteiger partial charge < -0.3 is 20.1 Å². The van der Waals surface area contributed by atoms with Crippen LogP contribution in [0.1, 0.15) is 31.9 Å². The van der Waals surface area contributed by atoms with Crippen LogP contribution < -0.4 is 10.6 Å². The molecule has 6 nitrogen and oxygen atoms in total. The molecule has 0 aliphatic carbocycles. The predicted octanol–water partition coefficient (Wildman–Crippen LogP) is 3.05. The third-order valence-corrected chi connectivity index (χ3v) is 3.97. The summed E-state index contributed by atoms with van der Waals surface area (Å²) in [6.45, 7) is 4.87. The molecule has 2 N–H and O–H groups in total. The Labute approximate surface area is 149 Å². The maximum Gasteiger partial charge on any atom is 0.338 e. The van der Waals surface area contributed by atoms with Crippen molar-refractivity contribution in [1.82, 2.24) is 10.6 Å². The van der Waals surface area contributed by atoms with Gasteiger partial charge in [-0.15, -0.1) is 0 Å². The smallest absolute Gasteiger partial charge is 0.338 e. The van der Waals surface area contributed by atoms with Crippen LogP contribution in [0.5, 0.6) is 0 Å². The topological polar surface area (TPSA) is 76.7 Å². The highest BCUT2D eigenvalue weighted by molar-refractivity contribution is 9.10. The minimum Gasteiger partial charge on any atom is -0.460 e. The van der Waals surface area contributed by atoms with Crippen LogP contribution in [0.25, 0.3) is 0 Å². The van der Waals surface area contributed by atoms with E-state index in [0.29, 0.717) is 24.5 Å². The number of hydrogen-bond acceptors (Lipinski definition) is 4. The van der Waals surface area contributed by atoms with Gasteiger partial charge in [0.1, 0.15) is 6.61 Å². The summed E-state index contributed by atoms with van der Waals surface area (Å²) < 4.78 is 11.5. The first-order valence-corrected chi connectivity index (χ1v) is 8.60. The van der Waals surface area contributed by atoms with Crippen molar-refractivity contribution < 1.29 is 19.1 Å². The summed E-state index contributed by atoms with van der Waals surface area (Å²) in [5, 5.41) is 5.39. The molecule has 1 heterocycles. The van der Waals surface area contributed by atoms with Crippen molar-refractivity contribution >= 4 is 27.9 Å². The van der Waals surface area contributed by atoms with E-state index >= 15 is 0 Å². The van der Waals surface area contributed by atoms with Gasteiger partial charge >= 0.3 is 12.0 Å². The van der Waals surface area contributed by atoms with E-state index in [-0.39, 0.29) is 12.6 Å². The Morgan fingerprint density at radius 1 is 1.29 bits per heavy atom. The molecule has 0 aromatic heterocycles. The van der Waals surface area contributed by atoms with Gasteiger partial charge in [-0.2, -0.15) is 0 Å². The second kappa shape index (κ2) is 8.84. The van der Waals surface area contributed by atoms with Gasteiger partial charge in [0.25, 0.3) is 0 Å². The molecule has 130 valence electrons. The first-order chi connectivity index (χ1) is 11.5. The Kier molecular flexibility index (Phi) is 6.81. The van der Waals surface area contributed by atoms with Gasteiger partial charge in [-0.1, -0.05) is 35.0 Å². The summed E-state index contributed by atoms with van der Waals surface area (Å²) in [4.78, 5) is 24.3. The van der Waals surface area contributed by atoms with E-state index in [1.807, 2.05) is 31.2 Å². The normalized spacial score (nSPS) is 17.3. The first kappa shape index (κ1) is 18.5. The van der Waals surface area contributed by atoms with Gasteiger partial charge in [0.2, 0.25) is 0 Å². The SMILES string of the molecule is CCCOCCOC(=O)C1=C(C)NC(=O)N[C@@H]1c1cccc(Br)c1. The molecule has 1 aromatic carbocycles. The van der Waals surface area contributed by atoms with Crippen LogP contribution in [-0.2, 0) is 14.3 Å². The molecule has 0 bridgehead atoms. The molecule has 7 heteroatoms. The predicted molar refractivity (Wildman–Crippen MR) is 93.3 cm³/mol. The van der Waals surface area contributed by atoms with Crippen molar-refractivity contribution in [2.75, 3.05) is 19.8 Å². The lowest BCUT2D eigenvalue weighted by atomic mass is 9.96. The Morgan fingerprint density at radius 3 is 2.79 bits per heavy atom. The minimum absolute atomic E-state index is 0.175. The fourth-order valence-corrected chi connectivity index (χ4v) is 2.83. The molecular weight excluding hydrogens is 376 g/mol. The van der Waals surface area contributed by atoms with Crippen LogP contribution in [0.4, 0.5) is 4.79 Å². The zero-order valence-electron chi connectivity index (χ0n) is 13.7. The number of carbonyl (C=O) groups is 2. The summed E-state index contributed by atoms with van der Waals surface area (Å²) in [5.41, 5.74) is 1.68. The van der Waals surface area contributed by atoms with Crippen molar-refractivity contribution in [3.05, 3.63) is 45.6 Å². The fraction of sp³-hybridized carbons (Fsp3) is 0.412. The summed E-state index contributed by atoms with van der Waals surface area (Å²) in [6, 6.07) is 6.55. The van der Waals surface area contributed by atoms with Crippen molar-refractivity contribution in [3.8, 4) is 0 Å². The van der Waals surface area contributed by atoms with Gasteiger partial charge in [-0.05, 0) is 31.0 Å². The van der Waals surface area contributed by atoms with E-state index in [1.165, 1.54) is 0 Å². The number of amides is 2. The third kappa shape index (κ3) is 4.82. The molecule has 0 spiro atoms. The number of esters is 1. The molecule has 0 unspecified atom stereocenters. The van der Waals surface area contributed by atoms with Gasteiger partial charge in [0, 0.05) is 16.8 Å². The standard InChI is InChI=1S/C17H21BrN2O4/c1-3-7-23-8-9-24-16(21)14-11(2)19-17(22)20-15(14)12-5-4-6-13(18)10-12/h4-6,10,15H,3,7-9H2,1-2H3,(H2,19,20,22)/t15-/m1/s1. The Morgan fingerprint density at radius 2 is 2.08 bits per heavy atom. The summed E-state index contributed by atoms with van der Waals surface area (Å²) in [7, 11) is 0. The Balaban J connectivity index is 2.15. The fourth-order valence-electron chi connectivity index (χ4n) is 2.42. The number of nitrogens with one attached hydrogen (secondary N) is 2. The molecule has 0 saturated heterocycles. The number of ether oxygens (including phenoxy) is 2. The van der Waals surface area contributed by atoms with Gasteiger partial charge in [0.15, 0.2) is 0 Å². The number of benzene rings is 1. The highest BCUT2D eigenvalue weighted by atomic mass is 79.9. The van der Waals surface area contributed by atoms with E-state index < -0.39 is 12.0 Å². The zero-order valence-corrected chi connectivity index (χ0v) is 15.3. The van der Waals surface area contributed by atoms with E-state index in [2.05, 4.69) is 26.6 Å². The van der Waals surface area contributed by atoms with Crippen LogP contribution in [0.15, 0.2) is 40.0 Å². The summed E-state index contributed by atoms with van der Waals surface area (Å²) in [6.07, 6.45) is 0.916. The Bertz CT molecular complexity index is 645. The van der Waals surface area contributed by atoms with Crippen LogP contribution in [-0.4, -0.2) is 31.8 Å². The molecule has 1 aliphatic heterocycles. The quantitative estimate of drug-likeness (QED) is 0.548. The van der Waals surface area contributed by atoms with Crippen LogP contribution in [0.3, 0.4) is 0 Å². The zero-order chi connectivity index (χ0) is 17.5. The number of carbonyl (C=O) groups excluding carboxylic acids is 2. The van der Waals surface area contributed by atoms with Gasteiger partial charge in [0.05, 0.1) is 18.2 Å². The molecule has 0 saturated carbocycles. The molecule has 0 radical (unpaired) electrons. The van der Waals surface area contributed by atoms with Crippen LogP contribution >= 0.6 is 15.9 Å². The molecule has 24 heavy (non-hydrogen) atoms. The monoisotopic (exact) mass is 396 g/mol. The van der Waals surface area contributed by atoms with Crippen LogP contribution in [0.2, 0.25) is 0 Å². The lowest BCUT2D eigenvalue weighted by Crippen LogP contribution is -2.45. The van der Waals surface area contributed by atoms with Crippen molar-refractivity contribution in [3.63, 3.8) is 0 Å². The van der Waals surface area contributed by atoms with E-state index in [4.69, 9.17) is 9.47 Å². The van der Waals surface area contributed by atoms with E-state index in [1.54, 1.807) is 6.92 Å². The number of rotatable bonds is 7. The number of urea groups is 1. The van der Waals surface area contributed by atoms with Crippen molar-refractivity contribution in [2.45, 2.75) is 26.3 Å². The number of hydrogen-bond donors (Lipinski definition) is 2. The van der Waals surface area contributed by atoms with Gasteiger partial charge in [-0.25, -0.2) is 9.59 Å². The summed E-state index contributed by atoms with van der Waals surface area (Å²) in [5.74, 6) is -0.468. The molecule has 1 aliphatic rings. The lowest BCUT2D eigenvalue weighted by Gasteiger charge is -2.28. The second-order valence-corrected chi connectivity index (χ2v) is 6.29. The molecule has 1 atom stereocenters. The highest BCUT2D eigenvalue weighted by Crippen LogP contribution is 2.29. The lowest BCUT2D eigenvalue weighted by molar-refractivity contribution is -0.141. The maximum absolute atomic E-state index is 12.5. The second-order valence-electron chi connectivity index (χ2n) is 5.37. The van der Waals surface area contributed by atoms with Crippen molar-refractivity contribution in [1.29, 1.82) is 0 Å². The van der Waals surface area contributed by atoms with Gasteiger partial charge in [-0.3, -0.25) is 0 Å². The van der Waals surface area contributed by atoms with E-state index in [0.717, 1.165) is 16.5 Å². The van der Waals surface area contributed by atoms with Crippen molar-refractivity contribution in [2.24, 2.45) is 0 Å². The molecule has 2 amide bonds. The average Bonchev–Trinajstić information content (AvgIpc) is 2.53. The van der Waals surface area contributed by atoms with E-state index in [9.17, 15) is 9.59 Å². The minimum atomic E-state index is -0.555. The maximum atomic E-state index is 12.5. The summed E-state index contributed by atoms with van der Waals surface area (Å²) >= 11 is 3.40. The average molecular weight is 397 g/mol. The Hall–Kier alpha value is -1.86.